The van der Waals surface area contributed by atoms with Gasteiger partial charge in [0, 0.05) is 16.6 Å². The van der Waals surface area contributed by atoms with Crippen LogP contribution >= 0.6 is 11.3 Å². The van der Waals surface area contributed by atoms with E-state index >= 15 is 0 Å². The Morgan fingerprint density at radius 3 is 2.78 bits per heavy atom. The minimum atomic E-state index is -1.30. The number of rotatable bonds is 6. The van der Waals surface area contributed by atoms with Gasteiger partial charge in [0.1, 0.15) is 11.6 Å². The van der Waals surface area contributed by atoms with Gasteiger partial charge >= 0.3 is 0 Å². The standard InChI is InChI=1S/C18H17F2NOS/c1-21-11-15(20)18(12-4-2-5-13(19)10-12)22-16-6-3-7-17-14(16)8-9-23-17/h2-10,15,18,21H,11H2,1H3. The lowest BCUT2D eigenvalue weighted by atomic mass is 10.0. The predicted octanol–water partition coefficient (Wildman–Crippen LogP) is 4.72. The van der Waals surface area contributed by atoms with Crippen LogP contribution in [0.4, 0.5) is 8.78 Å². The van der Waals surface area contributed by atoms with Crippen molar-refractivity contribution in [1.29, 1.82) is 0 Å². The third kappa shape index (κ3) is 3.51. The highest BCUT2D eigenvalue weighted by Gasteiger charge is 2.25. The molecule has 0 saturated heterocycles. The van der Waals surface area contributed by atoms with E-state index in [4.69, 9.17) is 4.74 Å². The zero-order valence-corrected chi connectivity index (χ0v) is 13.4. The Hall–Kier alpha value is -1.98. The molecule has 2 unspecified atom stereocenters. The molecule has 3 rings (SSSR count). The van der Waals surface area contributed by atoms with Crippen molar-refractivity contribution in [3.05, 3.63) is 65.3 Å². The minimum absolute atomic E-state index is 0.126. The first-order chi connectivity index (χ1) is 11.2. The number of alkyl halides is 1. The molecule has 2 atom stereocenters. The predicted molar refractivity (Wildman–Crippen MR) is 90.4 cm³/mol. The Morgan fingerprint density at radius 2 is 2.00 bits per heavy atom. The molecule has 1 heterocycles. The van der Waals surface area contributed by atoms with E-state index in [0.717, 1.165) is 10.1 Å². The van der Waals surface area contributed by atoms with Gasteiger partial charge in [-0.05, 0) is 48.3 Å². The summed E-state index contributed by atoms with van der Waals surface area (Å²) in [5, 5.41) is 5.71. The highest BCUT2D eigenvalue weighted by Crippen LogP contribution is 2.34. The lowest BCUT2D eigenvalue weighted by molar-refractivity contribution is 0.101. The van der Waals surface area contributed by atoms with Crippen LogP contribution in [0, 0.1) is 5.82 Å². The first-order valence-electron chi connectivity index (χ1n) is 7.36. The second kappa shape index (κ2) is 7.06. The van der Waals surface area contributed by atoms with Crippen molar-refractivity contribution in [3.63, 3.8) is 0 Å². The van der Waals surface area contributed by atoms with Crippen LogP contribution in [0.2, 0.25) is 0 Å². The Morgan fingerprint density at radius 1 is 1.17 bits per heavy atom. The zero-order chi connectivity index (χ0) is 16.2. The number of nitrogens with one attached hydrogen (secondary N) is 1. The highest BCUT2D eigenvalue weighted by molar-refractivity contribution is 7.17. The molecule has 0 radical (unpaired) electrons. The fourth-order valence-electron chi connectivity index (χ4n) is 2.54. The molecule has 1 aromatic heterocycles. The number of halogens is 2. The second-order valence-corrected chi connectivity index (χ2v) is 6.20. The SMILES string of the molecule is CNCC(F)C(Oc1cccc2sccc12)c1cccc(F)c1. The van der Waals surface area contributed by atoms with Gasteiger partial charge < -0.3 is 10.1 Å². The van der Waals surface area contributed by atoms with E-state index in [0.29, 0.717) is 11.3 Å². The number of benzene rings is 2. The quantitative estimate of drug-likeness (QED) is 0.705. The summed E-state index contributed by atoms with van der Waals surface area (Å²) in [4.78, 5) is 0. The first kappa shape index (κ1) is 15.9. The molecule has 0 aliphatic heterocycles. The summed E-state index contributed by atoms with van der Waals surface area (Å²) in [7, 11) is 1.68. The van der Waals surface area contributed by atoms with Crippen LogP contribution in [0.15, 0.2) is 53.9 Å². The van der Waals surface area contributed by atoms with E-state index in [1.165, 1.54) is 12.1 Å². The van der Waals surface area contributed by atoms with Crippen molar-refractivity contribution in [2.75, 3.05) is 13.6 Å². The van der Waals surface area contributed by atoms with Gasteiger partial charge in [0.25, 0.3) is 0 Å². The maximum atomic E-state index is 14.6. The molecule has 0 aliphatic rings. The average molecular weight is 333 g/mol. The van der Waals surface area contributed by atoms with Crippen LogP contribution in [0.25, 0.3) is 10.1 Å². The molecular formula is C18H17F2NOS. The van der Waals surface area contributed by atoms with Crippen LogP contribution in [-0.4, -0.2) is 19.8 Å². The van der Waals surface area contributed by atoms with Gasteiger partial charge in [-0.3, -0.25) is 0 Å². The summed E-state index contributed by atoms with van der Waals surface area (Å²) >= 11 is 1.60. The fourth-order valence-corrected chi connectivity index (χ4v) is 3.35. The van der Waals surface area contributed by atoms with Gasteiger partial charge in [0.05, 0.1) is 0 Å². The Labute approximate surface area is 137 Å². The van der Waals surface area contributed by atoms with E-state index in [-0.39, 0.29) is 6.54 Å². The third-order valence-corrected chi connectivity index (χ3v) is 4.50. The molecule has 23 heavy (non-hydrogen) atoms. The molecule has 0 saturated carbocycles. The van der Waals surface area contributed by atoms with Gasteiger partial charge in [0.2, 0.25) is 0 Å². The fraction of sp³-hybridized carbons (Fsp3) is 0.222. The molecule has 1 N–H and O–H groups in total. The van der Waals surface area contributed by atoms with Crippen LogP contribution in [0.3, 0.4) is 0 Å². The average Bonchev–Trinajstić information content (AvgIpc) is 3.02. The van der Waals surface area contributed by atoms with E-state index in [1.54, 1.807) is 30.5 Å². The number of fused-ring (bicyclic) bond motifs is 1. The van der Waals surface area contributed by atoms with Crippen molar-refractivity contribution < 1.29 is 13.5 Å². The largest absolute Gasteiger partial charge is 0.482 e. The molecule has 0 spiro atoms. The molecule has 2 nitrogen and oxygen atoms in total. The van der Waals surface area contributed by atoms with E-state index in [9.17, 15) is 8.78 Å². The van der Waals surface area contributed by atoms with Crippen LogP contribution in [0.1, 0.15) is 11.7 Å². The molecule has 2 aromatic carbocycles. The number of hydrogen-bond acceptors (Lipinski definition) is 3. The van der Waals surface area contributed by atoms with Gasteiger partial charge in [-0.25, -0.2) is 8.78 Å². The Kier molecular flexibility index (Phi) is 4.88. The molecule has 5 heteroatoms. The number of ether oxygens (including phenoxy) is 1. The Balaban J connectivity index is 1.97. The summed E-state index contributed by atoms with van der Waals surface area (Å²) in [5.41, 5.74) is 0.486. The number of thiophene rings is 1. The molecule has 0 fully saturated rings. The third-order valence-electron chi connectivity index (χ3n) is 3.61. The van der Waals surface area contributed by atoms with E-state index < -0.39 is 18.1 Å². The summed E-state index contributed by atoms with van der Waals surface area (Å²) in [6.07, 6.45) is -2.17. The number of hydrogen-bond donors (Lipinski definition) is 1. The zero-order valence-electron chi connectivity index (χ0n) is 12.6. The molecule has 120 valence electrons. The molecular weight excluding hydrogens is 316 g/mol. The molecule has 0 bridgehead atoms. The summed E-state index contributed by atoms with van der Waals surface area (Å²) in [6, 6.07) is 13.5. The van der Waals surface area contributed by atoms with Gasteiger partial charge in [-0.1, -0.05) is 18.2 Å². The molecule has 0 amide bonds. The lowest BCUT2D eigenvalue weighted by Gasteiger charge is -2.23. The van der Waals surface area contributed by atoms with Crippen LogP contribution < -0.4 is 10.1 Å². The summed E-state index contributed by atoms with van der Waals surface area (Å²) < 4.78 is 35.2. The summed E-state index contributed by atoms with van der Waals surface area (Å²) in [6.45, 7) is 0.126. The van der Waals surface area contributed by atoms with Crippen molar-refractivity contribution in [2.45, 2.75) is 12.3 Å². The maximum Gasteiger partial charge on any atom is 0.156 e. The molecule has 3 aromatic rings. The van der Waals surface area contributed by atoms with Crippen molar-refractivity contribution in [2.24, 2.45) is 0 Å². The topological polar surface area (TPSA) is 21.3 Å². The van der Waals surface area contributed by atoms with E-state index in [2.05, 4.69) is 5.32 Å². The first-order valence-corrected chi connectivity index (χ1v) is 8.24. The minimum Gasteiger partial charge on any atom is -0.482 e. The Bertz CT molecular complexity index is 789. The van der Waals surface area contributed by atoms with Gasteiger partial charge in [0.15, 0.2) is 12.3 Å². The van der Waals surface area contributed by atoms with Crippen molar-refractivity contribution >= 4 is 21.4 Å². The normalized spacial score (nSPS) is 13.9. The smallest absolute Gasteiger partial charge is 0.156 e. The van der Waals surface area contributed by atoms with Crippen molar-refractivity contribution in [3.8, 4) is 5.75 Å². The lowest BCUT2D eigenvalue weighted by Crippen LogP contribution is -2.29. The second-order valence-electron chi connectivity index (χ2n) is 5.26. The van der Waals surface area contributed by atoms with Crippen LogP contribution in [0.5, 0.6) is 5.75 Å². The van der Waals surface area contributed by atoms with E-state index in [1.807, 2.05) is 29.6 Å². The monoisotopic (exact) mass is 333 g/mol. The maximum absolute atomic E-state index is 14.6. The highest BCUT2D eigenvalue weighted by atomic mass is 32.1. The summed E-state index contributed by atoms with van der Waals surface area (Å²) in [5.74, 6) is 0.207. The van der Waals surface area contributed by atoms with Gasteiger partial charge in [-0.15, -0.1) is 11.3 Å². The molecule has 0 aliphatic carbocycles. The van der Waals surface area contributed by atoms with Gasteiger partial charge in [-0.2, -0.15) is 0 Å². The van der Waals surface area contributed by atoms with Crippen molar-refractivity contribution in [1.82, 2.24) is 5.32 Å². The van der Waals surface area contributed by atoms with Crippen LogP contribution in [-0.2, 0) is 0 Å².